The van der Waals surface area contributed by atoms with E-state index in [0.717, 1.165) is 10.8 Å². The Hall–Kier alpha value is 0.710. The van der Waals surface area contributed by atoms with Crippen LogP contribution in [0.4, 0.5) is 0 Å². The number of hydrogen-bond donors (Lipinski definition) is 2. The van der Waals surface area contributed by atoms with Crippen molar-refractivity contribution in [2.75, 3.05) is 13.0 Å². The molecule has 0 unspecified atom stereocenters. The molecule has 2 heterocycles. The minimum absolute atomic E-state index is 0. The molecule has 2 rings (SSSR count). The van der Waals surface area contributed by atoms with Gasteiger partial charge in [-0.15, -0.1) is 0 Å². The van der Waals surface area contributed by atoms with Crippen LogP contribution in [0, 0.1) is 6.92 Å². The maximum absolute atomic E-state index is 11.9. The van der Waals surface area contributed by atoms with E-state index < -0.39 is 37.2 Å². The number of rotatable bonds is 4. The number of aromatic amines is 1. The van der Waals surface area contributed by atoms with Crippen LogP contribution in [0.15, 0.2) is 15.8 Å². The van der Waals surface area contributed by atoms with Crippen molar-refractivity contribution in [2.45, 2.75) is 25.4 Å². The van der Waals surface area contributed by atoms with Gasteiger partial charge in [-0.05, 0) is 14.5 Å². The summed E-state index contributed by atoms with van der Waals surface area (Å²) in [5.74, 6) is -1.95. The molecule has 10 nitrogen and oxygen atoms in total. The van der Waals surface area contributed by atoms with Gasteiger partial charge in [0.1, 0.15) is 0 Å². The standard InChI is InChI=1S/C10H15N2O8P.2Na/c1-6-3-12(9(15)11-8(6)14)10(2-7(13)4-19-10)20-5-21(16,17)18;;/h3,7,13H,2,4-5H2,1H3,(H,11,14,15)(H2,16,17,18);;/q;2*+1/p-2/t7-,10-;;/m0../s1. The van der Waals surface area contributed by atoms with E-state index in [1.807, 2.05) is 4.98 Å². The molecule has 0 spiro atoms. The summed E-state index contributed by atoms with van der Waals surface area (Å²) < 4.78 is 21.7. The average Bonchev–Trinajstić information content (AvgIpc) is 2.73. The third-order valence-electron chi connectivity index (χ3n) is 2.93. The number of aliphatic hydroxyl groups excluding tert-OH is 1. The Morgan fingerprint density at radius 2 is 2.13 bits per heavy atom. The predicted octanol–water partition coefficient (Wildman–Crippen LogP) is -8.87. The number of hydrogen-bond acceptors (Lipinski definition) is 8. The smallest absolute Gasteiger partial charge is 0.809 e. The van der Waals surface area contributed by atoms with E-state index in [9.17, 15) is 29.0 Å². The summed E-state index contributed by atoms with van der Waals surface area (Å²) in [7, 11) is -5.01. The van der Waals surface area contributed by atoms with Gasteiger partial charge in [-0.2, -0.15) is 0 Å². The van der Waals surface area contributed by atoms with E-state index >= 15 is 0 Å². The van der Waals surface area contributed by atoms with Crippen molar-refractivity contribution in [1.29, 1.82) is 0 Å². The Kier molecular flexibility index (Phi) is 9.16. The third kappa shape index (κ3) is 5.88. The normalized spacial score (nSPS) is 23.9. The van der Waals surface area contributed by atoms with Crippen molar-refractivity contribution in [2.24, 2.45) is 0 Å². The number of aliphatic hydroxyl groups is 1. The molecular weight excluding hydrogens is 353 g/mol. The van der Waals surface area contributed by atoms with Gasteiger partial charge in [0.25, 0.3) is 11.5 Å². The van der Waals surface area contributed by atoms with Crippen LogP contribution in [-0.2, 0) is 19.9 Å². The zero-order valence-electron chi connectivity index (χ0n) is 13.0. The average molecular weight is 366 g/mol. The van der Waals surface area contributed by atoms with Gasteiger partial charge >= 0.3 is 64.8 Å². The number of ether oxygens (including phenoxy) is 2. The predicted molar refractivity (Wildman–Crippen MR) is 64.2 cm³/mol. The fourth-order valence-electron chi connectivity index (χ4n) is 1.98. The van der Waals surface area contributed by atoms with Crippen molar-refractivity contribution in [3.8, 4) is 0 Å². The Bertz CT molecular complexity index is 701. The van der Waals surface area contributed by atoms with Gasteiger partial charge < -0.3 is 28.9 Å². The second-order valence-electron chi connectivity index (χ2n) is 4.71. The molecule has 1 aliphatic rings. The first-order valence-corrected chi connectivity index (χ1v) is 7.66. The van der Waals surface area contributed by atoms with Crippen LogP contribution < -0.4 is 80.2 Å². The zero-order valence-corrected chi connectivity index (χ0v) is 17.9. The van der Waals surface area contributed by atoms with E-state index in [1.165, 1.54) is 6.92 Å². The first-order valence-electron chi connectivity index (χ1n) is 5.93. The van der Waals surface area contributed by atoms with Gasteiger partial charge in [-0.3, -0.25) is 9.78 Å². The molecule has 1 fully saturated rings. The quantitative estimate of drug-likeness (QED) is 0.393. The largest absolute Gasteiger partial charge is 1.00 e. The van der Waals surface area contributed by atoms with Crippen molar-refractivity contribution in [1.82, 2.24) is 9.55 Å². The number of nitrogens with zero attached hydrogens (tertiary/aromatic N) is 1. The second-order valence-corrected chi connectivity index (χ2v) is 6.19. The summed E-state index contributed by atoms with van der Waals surface area (Å²) in [5.41, 5.74) is -1.38. The maximum atomic E-state index is 11.9. The number of H-pyrrole nitrogens is 1. The molecule has 2 N–H and O–H groups in total. The fraction of sp³-hybridized carbons (Fsp3) is 0.600. The molecule has 1 aliphatic heterocycles. The molecule has 1 saturated heterocycles. The zero-order chi connectivity index (χ0) is 15.8. The number of aryl methyl sites for hydroxylation is 1. The number of aromatic nitrogens is 2. The van der Waals surface area contributed by atoms with Gasteiger partial charge in [-0.1, -0.05) is 0 Å². The van der Waals surface area contributed by atoms with Crippen molar-refractivity contribution in [3.05, 3.63) is 32.6 Å². The maximum Gasteiger partial charge on any atom is 1.00 e. The van der Waals surface area contributed by atoms with E-state index in [2.05, 4.69) is 0 Å². The molecule has 0 bridgehead atoms. The molecule has 0 aromatic carbocycles. The minimum atomic E-state index is -5.01. The molecule has 2 atom stereocenters. The Labute approximate surface area is 174 Å². The molecule has 0 saturated carbocycles. The van der Waals surface area contributed by atoms with Crippen LogP contribution in [0.3, 0.4) is 0 Å². The van der Waals surface area contributed by atoms with Crippen molar-refractivity contribution in [3.63, 3.8) is 0 Å². The van der Waals surface area contributed by atoms with Gasteiger partial charge in [0, 0.05) is 11.8 Å². The minimum Gasteiger partial charge on any atom is -0.809 e. The van der Waals surface area contributed by atoms with E-state index in [-0.39, 0.29) is 77.7 Å². The SMILES string of the molecule is Cc1cn([C@@]2(OCP(=O)([O-])[O-])C[C@H](O)CO2)c(=O)[nH]c1=O.[Na+].[Na+]. The van der Waals surface area contributed by atoms with Crippen LogP contribution in [0.5, 0.6) is 0 Å². The monoisotopic (exact) mass is 366 g/mol. The Morgan fingerprint density at radius 3 is 2.61 bits per heavy atom. The first-order chi connectivity index (χ1) is 9.63. The van der Waals surface area contributed by atoms with Gasteiger partial charge in [0.05, 0.1) is 25.5 Å². The summed E-state index contributed by atoms with van der Waals surface area (Å²) in [6.07, 6.45) is -1.38. The fourth-order valence-corrected chi connectivity index (χ4v) is 2.34. The summed E-state index contributed by atoms with van der Waals surface area (Å²) in [6, 6.07) is 0. The summed E-state index contributed by atoms with van der Waals surface area (Å²) >= 11 is 0. The molecule has 0 amide bonds. The number of nitrogens with one attached hydrogen (secondary N) is 1. The van der Waals surface area contributed by atoms with Gasteiger partial charge in [0.15, 0.2) is 0 Å². The molecule has 0 radical (unpaired) electrons. The van der Waals surface area contributed by atoms with E-state index in [1.54, 1.807) is 0 Å². The van der Waals surface area contributed by atoms with Crippen molar-refractivity contribution < 1.29 is 88.0 Å². The Morgan fingerprint density at radius 1 is 1.52 bits per heavy atom. The Balaban J connectivity index is 0.00000242. The van der Waals surface area contributed by atoms with Crippen LogP contribution in [-0.4, -0.2) is 33.7 Å². The summed E-state index contributed by atoms with van der Waals surface area (Å²) in [6.45, 7) is 1.20. The second kappa shape index (κ2) is 8.88. The van der Waals surface area contributed by atoms with Crippen LogP contribution in [0.25, 0.3) is 0 Å². The molecule has 13 heteroatoms. The molecule has 1 aromatic heterocycles. The third-order valence-corrected chi connectivity index (χ3v) is 3.38. The summed E-state index contributed by atoms with van der Waals surface area (Å²) in [4.78, 5) is 46.7. The van der Waals surface area contributed by atoms with Crippen LogP contribution in [0.2, 0.25) is 0 Å². The molecule has 118 valence electrons. The first kappa shape index (κ1) is 23.7. The molecule has 0 aliphatic carbocycles. The van der Waals surface area contributed by atoms with Crippen LogP contribution in [0.1, 0.15) is 12.0 Å². The van der Waals surface area contributed by atoms with Crippen molar-refractivity contribution >= 4 is 7.60 Å². The molecular formula is C10H13N2Na2O8P. The van der Waals surface area contributed by atoms with Crippen LogP contribution >= 0.6 is 7.60 Å². The van der Waals surface area contributed by atoms with E-state index in [4.69, 9.17) is 9.47 Å². The summed E-state index contributed by atoms with van der Waals surface area (Å²) in [5, 5.41) is 9.55. The molecule has 23 heavy (non-hydrogen) atoms. The molecule has 1 aromatic rings. The topological polar surface area (TPSA) is 157 Å². The van der Waals surface area contributed by atoms with Gasteiger partial charge in [0.2, 0.25) is 0 Å². The van der Waals surface area contributed by atoms with E-state index in [0.29, 0.717) is 0 Å². The van der Waals surface area contributed by atoms with Gasteiger partial charge in [-0.25, -0.2) is 9.36 Å².